The average Bonchev–Trinajstić information content (AvgIpc) is 3.58. The number of benzene rings is 2. The van der Waals surface area contributed by atoms with Crippen molar-refractivity contribution in [1.29, 1.82) is 0 Å². The van der Waals surface area contributed by atoms with Crippen molar-refractivity contribution < 1.29 is 41.0 Å². The number of nitrogens with zero attached hydrogens (tertiary/aromatic N) is 2. The summed E-state index contributed by atoms with van der Waals surface area (Å²) in [5.74, 6) is -1.71. The van der Waals surface area contributed by atoms with Crippen LogP contribution in [0.3, 0.4) is 0 Å². The molecule has 2 aromatic rings. The minimum absolute atomic E-state index is 0.00918. The van der Waals surface area contributed by atoms with Crippen molar-refractivity contribution in [3.63, 3.8) is 0 Å². The van der Waals surface area contributed by atoms with Crippen LogP contribution < -0.4 is 10.1 Å². The zero-order valence-electron chi connectivity index (χ0n) is 21.6. The van der Waals surface area contributed by atoms with Crippen LogP contribution in [0, 0.1) is 5.92 Å². The monoisotopic (exact) mass is 581 g/mol. The van der Waals surface area contributed by atoms with Crippen LogP contribution in [0.5, 0.6) is 5.75 Å². The number of likely N-dealkylation sites (tertiary alicyclic amines) is 1. The Balaban J connectivity index is 1.45. The molecule has 1 unspecified atom stereocenters. The van der Waals surface area contributed by atoms with Crippen molar-refractivity contribution >= 4 is 27.3 Å². The molecule has 2 atom stereocenters. The zero-order valence-corrected chi connectivity index (χ0v) is 22.4. The zero-order chi connectivity index (χ0) is 28.7. The predicted molar refractivity (Wildman–Crippen MR) is 138 cm³/mol. The quantitative estimate of drug-likeness (QED) is 0.468. The number of halogens is 3. The van der Waals surface area contributed by atoms with E-state index in [2.05, 4.69) is 10.1 Å². The number of nitrogens with one attached hydrogen (secondary N) is 1. The molecule has 1 saturated heterocycles. The van der Waals surface area contributed by atoms with Crippen LogP contribution in [0.15, 0.2) is 47.4 Å². The highest BCUT2D eigenvalue weighted by Gasteiger charge is 2.36. The maximum Gasteiger partial charge on any atom is 0.573 e. The van der Waals surface area contributed by atoms with E-state index in [-0.39, 0.29) is 34.6 Å². The SMILES string of the molecule is O=C1CS(=O)(=O)c2ccc(CC(=O)N(CC3CC3)C(CN3CC[C@H](O)C3)c3cccc(OC(F)(F)F)c3)cc2N1. The molecule has 0 aromatic heterocycles. The first-order valence-electron chi connectivity index (χ1n) is 13.1. The number of β-amino-alcohol motifs (C(OH)–C–C–N with tert-alkyl or cyclic N) is 1. The van der Waals surface area contributed by atoms with Crippen LogP contribution in [0.2, 0.25) is 0 Å². The minimum atomic E-state index is -4.87. The number of anilines is 1. The summed E-state index contributed by atoms with van der Waals surface area (Å²) in [6.07, 6.45) is -3.07. The Hall–Kier alpha value is -3.16. The molecule has 2 aliphatic heterocycles. The van der Waals surface area contributed by atoms with Crippen LogP contribution in [-0.4, -0.2) is 79.5 Å². The number of rotatable bonds is 9. The van der Waals surface area contributed by atoms with Crippen molar-refractivity contribution in [2.75, 3.05) is 37.2 Å². The van der Waals surface area contributed by atoms with E-state index in [1.165, 1.54) is 36.4 Å². The highest BCUT2D eigenvalue weighted by atomic mass is 32.2. The Morgan fingerprint density at radius 1 is 1.18 bits per heavy atom. The lowest BCUT2D eigenvalue weighted by molar-refractivity contribution is -0.274. The largest absolute Gasteiger partial charge is 0.573 e. The van der Waals surface area contributed by atoms with E-state index in [0.29, 0.717) is 43.7 Å². The fourth-order valence-electron chi connectivity index (χ4n) is 5.28. The van der Waals surface area contributed by atoms with Gasteiger partial charge in [-0.2, -0.15) is 0 Å². The number of ether oxygens (including phenoxy) is 1. The Morgan fingerprint density at radius 3 is 2.62 bits per heavy atom. The Morgan fingerprint density at radius 2 is 1.95 bits per heavy atom. The lowest BCUT2D eigenvalue weighted by atomic mass is 10.0. The van der Waals surface area contributed by atoms with Gasteiger partial charge in [-0.15, -0.1) is 13.2 Å². The van der Waals surface area contributed by atoms with Crippen molar-refractivity contribution in [2.24, 2.45) is 5.92 Å². The molecule has 5 rings (SSSR count). The fourth-order valence-corrected chi connectivity index (χ4v) is 6.57. The van der Waals surface area contributed by atoms with Gasteiger partial charge in [-0.25, -0.2) is 8.42 Å². The maximum atomic E-state index is 13.8. The van der Waals surface area contributed by atoms with E-state index in [1.54, 1.807) is 11.0 Å². The molecule has 13 heteroatoms. The number of amides is 2. The molecule has 40 heavy (non-hydrogen) atoms. The van der Waals surface area contributed by atoms with Crippen molar-refractivity contribution in [2.45, 2.75) is 49.1 Å². The molecule has 216 valence electrons. The topological polar surface area (TPSA) is 116 Å². The van der Waals surface area contributed by atoms with E-state index in [4.69, 9.17) is 0 Å². The van der Waals surface area contributed by atoms with Crippen LogP contribution in [0.1, 0.15) is 36.4 Å². The lowest BCUT2D eigenvalue weighted by Crippen LogP contribution is -2.43. The van der Waals surface area contributed by atoms with Gasteiger partial charge in [0.15, 0.2) is 9.84 Å². The summed E-state index contributed by atoms with van der Waals surface area (Å²) in [7, 11) is -3.77. The van der Waals surface area contributed by atoms with Crippen LogP contribution in [0.4, 0.5) is 18.9 Å². The van der Waals surface area contributed by atoms with Gasteiger partial charge in [-0.05, 0) is 60.6 Å². The lowest BCUT2D eigenvalue weighted by Gasteiger charge is -2.35. The summed E-state index contributed by atoms with van der Waals surface area (Å²) in [4.78, 5) is 29.4. The second-order valence-corrected chi connectivity index (χ2v) is 12.6. The van der Waals surface area contributed by atoms with E-state index in [9.17, 15) is 36.3 Å². The molecule has 3 aliphatic rings. The third-order valence-electron chi connectivity index (χ3n) is 7.33. The van der Waals surface area contributed by atoms with Gasteiger partial charge in [0.2, 0.25) is 11.8 Å². The molecule has 0 radical (unpaired) electrons. The molecule has 0 spiro atoms. The van der Waals surface area contributed by atoms with Gasteiger partial charge >= 0.3 is 6.36 Å². The molecule has 2 aromatic carbocycles. The number of carbonyl (C=O) groups is 2. The van der Waals surface area contributed by atoms with Gasteiger partial charge in [0, 0.05) is 26.2 Å². The van der Waals surface area contributed by atoms with E-state index in [0.717, 1.165) is 12.8 Å². The van der Waals surface area contributed by atoms with Crippen molar-refractivity contribution in [3.05, 3.63) is 53.6 Å². The first kappa shape index (κ1) is 28.4. The molecule has 1 saturated carbocycles. The van der Waals surface area contributed by atoms with Crippen LogP contribution >= 0.6 is 0 Å². The fraction of sp³-hybridized carbons (Fsp3) is 0.481. The molecule has 0 bridgehead atoms. The number of fused-ring (bicyclic) bond motifs is 1. The normalized spacial score (nSPS) is 21.4. The predicted octanol–water partition coefficient (Wildman–Crippen LogP) is 2.90. The van der Waals surface area contributed by atoms with Gasteiger partial charge in [-0.1, -0.05) is 18.2 Å². The summed E-state index contributed by atoms with van der Waals surface area (Å²) in [6.45, 7) is 1.68. The smallest absolute Gasteiger partial charge is 0.406 e. The standard InChI is InChI=1S/C27H30F3N3O6S/c28-27(29,30)39-21-3-1-2-19(12-21)23(15-32-9-8-20(34)14-32)33(13-17-4-5-17)26(36)11-18-6-7-24-22(10-18)31-25(35)16-40(24,37)38/h1-3,6-7,10,12,17,20,23,34H,4-5,8-9,11,13-16H2,(H,31,35)/t20-,23?/m0/s1. The highest BCUT2D eigenvalue weighted by Crippen LogP contribution is 2.36. The number of alkyl halides is 3. The first-order chi connectivity index (χ1) is 18.9. The van der Waals surface area contributed by atoms with Crippen LogP contribution in [0.25, 0.3) is 0 Å². The van der Waals surface area contributed by atoms with Crippen molar-refractivity contribution in [3.8, 4) is 5.75 Å². The Kier molecular flexibility index (Phi) is 7.81. The Labute approximate surface area is 229 Å². The van der Waals surface area contributed by atoms with E-state index >= 15 is 0 Å². The van der Waals surface area contributed by atoms with Gasteiger partial charge < -0.3 is 20.1 Å². The third-order valence-corrected chi connectivity index (χ3v) is 9.00. The van der Waals surface area contributed by atoms with Gasteiger partial charge in [0.25, 0.3) is 0 Å². The second kappa shape index (κ2) is 11.0. The number of hydrogen-bond acceptors (Lipinski definition) is 7. The summed E-state index contributed by atoms with van der Waals surface area (Å²) >= 11 is 0. The van der Waals surface area contributed by atoms with E-state index < -0.39 is 40.0 Å². The summed E-state index contributed by atoms with van der Waals surface area (Å²) < 4.78 is 67.8. The number of sulfone groups is 1. The molecular formula is C27H30F3N3O6S. The number of aliphatic hydroxyl groups excluding tert-OH is 1. The summed E-state index contributed by atoms with van der Waals surface area (Å²) in [5, 5.41) is 12.6. The average molecular weight is 582 g/mol. The number of hydrogen-bond donors (Lipinski definition) is 2. The molecule has 9 nitrogen and oxygen atoms in total. The molecule has 2 heterocycles. The minimum Gasteiger partial charge on any atom is -0.406 e. The molecular weight excluding hydrogens is 551 g/mol. The van der Waals surface area contributed by atoms with E-state index in [1.807, 2.05) is 4.90 Å². The molecule has 2 N–H and O–H groups in total. The molecule has 2 amide bonds. The van der Waals surface area contributed by atoms with Crippen molar-refractivity contribution in [1.82, 2.24) is 9.80 Å². The van der Waals surface area contributed by atoms with Gasteiger partial charge in [0.1, 0.15) is 11.5 Å². The highest BCUT2D eigenvalue weighted by molar-refractivity contribution is 7.92. The number of aliphatic hydroxyl groups is 1. The Bertz CT molecular complexity index is 1400. The third kappa shape index (κ3) is 6.94. The van der Waals surface area contributed by atoms with Gasteiger partial charge in [-0.3, -0.25) is 14.5 Å². The summed E-state index contributed by atoms with van der Waals surface area (Å²) in [6, 6.07) is 9.37. The van der Waals surface area contributed by atoms with Crippen LogP contribution in [-0.2, 0) is 25.8 Å². The maximum absolute atomic E-state index is 13.8. The van der Waals surface area contributed by atoms with Gasteiger partial charge in [0.05, 0.1) is 29.1 Å². The second-order valence-electron chi connectivity index (χ2n) is 10.6. The first-order valence-corrected chi connectivity index (χ1v) is 14.7. The summed E-state index contributed by atoms with van der Waals surface area (Å²) in [5.41, 5.74) is 1.09. The molecule has 2 fully saturated rings. The molecule has 1 aliphatic carbocycles. The number of carbonyl (C=O) groups excluding carboxylic acids is 2.